The molecule has 0 aliphatic rings. The molecule has 1 N–H and O–H groups in total. The smallest absolute Gasteiger partial charge is 0.315 e. The molecule has 0 aliphatic carbocycles. The van der Waals surface area contributed by atoms with Crippen molar-refractivity contribution in [3.63, 3.8) is 0 Å². The van der Waals surface area contributed by atoms with Gasteiger partial charge in [0, 0.05) is 20.5 Å². The SMILES string of the molecule is CCCCc1nnc(NC(=O)Cn2cnc3c2c(=O)n(C)c(=O)n3C)s1. The van der Waals surface area contributed by atoms with Crippen molar-refractivity contribution in [1.82, 2.24) is 28.9 Å². The summed E-state index contributed by atoms with van der Waals surface area (Å²) in [7, 11) is 2.92. The van der Waals surface area contributed by atoms with Crippen LogP contribution in [0.5, 0.6) is 0 Å². The van der Waals surface area contributed by atoms with E-state index in [1.165, 1.54) is 40.9 Å². The maximum absolute atomic E-state index is 12.4. The average molecular weight is 377 g/mol. The second kappa shape index (κ2) is 7.20. The molecule has 3 heterocycles. The zero-order chi connectivity index (χ0) is 18.8. The van der Waals surface area contributed by atoms with E-state index in [2.05, 4.69) is 27.4 Å². The van der Waals surface area contributed by atoms with E-state index in [0.717, 1.165) is 28.8 Å². The van der Waals surface area contributed by atoms with Gasteiger partial charge in [0.15, 0.2) is 11.2 Å². The number of hydrogen-bond donors (Lipinski definition) is 1. The Labute approximate surface area is 152 Å². The molecule has 0 aromatic carbocycles. The van der Waals surface area contributed by atoms with E-state index in [4.69, 9.17) is 0 Å². The Balaban J connectivity index is 1.81. The Kier molecular flexibility index (Phi) is 4.98. The predicted octanol–water partition coefficient (Wildman–Crippen LogP) is 0.266. The van der Waals surface area contributed by atoms with E-state index in [1.54, 1.807) is 0 Å². The maximum Gasteiger partial charge on any atom is 0.332 e. The minimum atomic E-state index is -0.494. The zero-order valence-corrected chi connectivity index (χ0v) is 15.5. The zero-order valence-electron chi connectivity index (χ0n) is 14.7. The molecule has 0 aliphatic heterocycles. The molecule has 0 bridgehead atoms. The van der Waals surface area contributed by atoms with Crippen LogP contribution in [0, 0.1) is 0 Å². The third kappa shape index (κ3) is 3.29. The molecule has 0 radical (unpaired) electrons. The van der Waals surface area contributed by atoms with E-state index in [1.807, 2.05) is 0 Å². The van der Waals surface area contributed by atoms with Crippen molar-refractivity contribution in [1.29, 1.82) is 0 Å². The fraction of sp³-hybridized carbons (Fsp3) is 0.467. The van der Waals surface area contributed by atoms with Crippen molar-refractivity contribution >= 4 is 33.5 Å². The normalized spacial score (nSPS) is 11.2. The number of nitrogens with zero attached hydrogens (tertiary/aromatic N) is 6. The second-order valence-electron chi connectivity index (χ2n) is 5.90. The van der Waals surface area contributed by atoms with Gasteiger partial charge in [-0.1, -0.05) is 24.7 Å². The van der Waals surface area contributed by atoms with Crippen molar-refractivity contribution < 1.29 is 4.79 Å². The molecule has 0 saturated carbocycles. The molecular formula is C15H19N7O3S. The van der Waals surface area contributed by atoms with Crippen LogP contribution in [0.4, 0.5) is 5.13 Å². The van der Waals surface area contributed by atoms with Gasteiger partial charge in [0.25, 0.3) is 5.56 Å². The molecule has 0 fully saturated rings. The number of nitrogens with one attached hydrogen (secondary N) is 1. The summed E-state index contributed by atoms with van der Waals surface area (Å²) >= 11 is 1.34. The van der Waals surface area contributed by atoms with Crippen molar-refractivity contribution in [2.45, 2.75) is 32.7 Å². The van der Waals surface area contributed by atoms with Gasteiger partial charge < -0.3 is 4.57 Å². The predicted molar refractivity (Wildman–Crippen MR) is 97.4 cm³/mol. The van der Waals surface area contributed by atoms with Gasteiger partial charge >= 0.3 is 5.69 Å². The first-order valence-electron chi connectivity index (χ1n) is 8.15. The van der Waals surface area contributed by atoms with E-state index < -0.39 is 11.2 Å². The molecule has 26 heavy (non-hydrogen) atoms. The Morgan fingerprint density at radius 1 is 1.23 bits per heavy atom. The van der Waals surface area contributed by atoms with E-state index in [9.17, 15) is 14.4 Å². The fourth-order valence-corrected chi connectivity index (χ4v) is 3.36. The van der Waals surface area contributed by atoms with Gasteiger partial charge in [0.2, 0.25) is 11.0 Å². The number of aryl methyl sites for hydroxylation is 2. The van der Waals surface area contributed by atoms with Gasteiger partial charge in [-0.3, -0.25) is 24.0 Å². The summed E-state index contributed by atoms with van der Waals surface area (Å²) in [4.78, 5) is 40.7. The third-order valence-corrected chi connectivity index (χ3v) is 4.89. The number of aromatic nitrogens is 6. The molecule has 10 nitrogen and oxygen atoms in total. The third-order valence-electron chi connectivity index (χ3n) is 3.99. The van der Waals surface area contributed by atoms with Crippen LogP contribution in [0.15, 0.2) is 15.9 Å². The lowest BCUT2D eigenvalue weighted by atomic mass is 10.3. The van der Waals surface area contributed by atoms with Crippen LogP contribution < -0.4 is 16.6 Å². The summed E-state index contributed by atoms with van der Waals surface area (Å²) in [5, 5.41) is 12.0. The van der Waals surface area contributed by atoms with Crippen LogP contribution in [0.3, 0.4) is 0 Å². The minimum Gasteiger partial charge on any atom is -0.315 e. The van der Waals surface area contributed by atoms with Gasteiger partial charge in [0.05, 0.1) is 6.33 Å². The average Bonchev–Trinajstić information content (AvgIpc) is 3.23. The molecule has 0 saturated heterocycles. The highest BCUT2D eigenvalue weighted by molar-refractivity contribution is 7.15. The number of rotatable bonds is 6. The molecule has 1 amide bonds. The Morgan fingerprint density at radius 3 is 2.73 bits per heavy atom. The van der Waals surface area contributed by atoms with Crippen molar-refractivity contribution in [2.75, 3.05) is 5.32 Å². The quantitative estimate of drug-likeness (QED) is 0.659. The Hall–Kier alpha value is -2.82. The Morgan fingerprint density at radius 2 is 2.00 bits per heavy atom. The summed E-state index contributed by atoms with van der Waals surface area (Å²) in [6.07, 6.45) is 4.29. The molecule has 0 unspecified atom stereocenters. The van der Waals surface area contributed by atoms with Crippen LogP contribution in [-0.2, 0) is 31.9 Å². The molecule has 11 heteroatoms. The van der Waals surface area contributed by atoms with Crippen LogP contribution in [0.1, 0.15) is 24.8 Å². The number of unbranched alkanes of at least 4 members (excludes halogenated alkanes) is 1. The van der Waals surface area contributed by atoms with Gasteiger partial charge in [-0.05, 0) is 6.42 Å². The Bertz CT molecular complexity index is 1080. The van der Waals surface area contributed by atoms with Crippen LogP contribution in [0.25, 0.3) is 11.2 Å². The van der Waals surface area contributed by atoms with Crippen LogP contribution in [0.2, 0.25) is 0 Å². The molecule has 3 aromatic rings. The number of fused-ring (bicyclic) bond motifs is 1. The number of amides is 1. The highest BCUT2D eigenvalue weighted by atomic mass is 32.1. The maximum atomic E-state index is 12.4. The topological polar surface area (TPSA) is 117 Å². The minimum absolute atomic E-state index is 0.117. The highest BCUT2D eigenvalue weighted by Crippen LogP contribution is 2.17. The molecular weight excluding hydrogens is 358 g/mol. The van der Waals surface area contributed by atoms with E-state index in [0.29, 0.717) is 5.13 Å². The summed E-state index contributed by atoms with van der Waals surface area (Å²) < 4.78 is 3.69. The number of hydrogen-bond acceptors (Lipinski definition) is 7. The summed E-state index contributed by atoms with van der Waals surface area (Å²) in [5.41, 5.74) is -0.522. The largest absolute Gasteiger partial charge is 0.332 e. The highest BCUT2D eigenvalue weighted by Gasteiger charge is 2.16. The number of carbonyl (C=O) groups excluding carboxylic acids is 1. The molecule has 3 aromatic heterocycles. The molecule has 138 valence electrons. The lowest BCUT2D eigenvalue weighted by molar-refractivity contribution is -0.116. The van der Waals surface area contributed by atoms with Crippen molar-refractivity contribution in [3.05, 3.63) is 32.2 Å². The van der Waals surface area contributed by atoms with Crippen molar-refractivity contribution in [3.8, 4) is 0 Å². The van der Waals surface area contributed by atoms with Gasteiger partial charge in [-0.25, -0.2) is 9.78 Å². The summed E-state index contributed by atoms with van der Waals surface area (Å²) in [6.45, 7) is 1.98. The van der Waals surface area contributed by atoms with E-state index >= 15 is 0 Å². The molecule has 0 atom stereocenters. The van der Waals surface area contributed by atoms with Crippen molar-refractivity contribution in [2.24, 2.45) is 14.1 Å². The van der Waals surface area contributed by atoms with E-state index in [-0.39, 0.29) is 23.6 Å². The lowest BCUT2D eigenvalue weighted by Gasteiger charge is -2.06. The molecule has 0 spiro atoms. The lowest BCUT2D eigenvalue weighted by Crippen LogP contribution is -2.37. The monoisotopic (exact) mass is 377 g/mol. The molecule has 3 rings (SSSR count). The first-order chi connectivity index (χ1) is 12.4. The van der Waals surface area contributed by atoms with Gasteiger partial charge in [-0.15, -0.1) is 10.2 Å². The standard InChI is InChI=1S/C15H19N7O3S/c1-4-5-6-10-18-19-14(26-10)17-9(23)7-22-8-16-12-11(22)13(24)21(3)15(25)20(12)2/h8H,4-7H2,1-3H3,(H,17,19,23). The number of imidazole rings is 1. The summed E-state index contributed by atoms with van der Waals surface area (Å²) in [6, 6.07) is 0. The van der Waals surface area contributed by atoms with Gasteiger partial charge in [0.1, 0.15) is 11.6 Å². The fourth-order valence-electron chi connectivity index (χ4n) is 2.56. The van der Waals surface area contributed by atoms with Crippen LogP contribution >= 0.6 is 11.3 Å². The summed E-state index contributed by atoms with van der Waals surface area (Å²) in [5.74, 6) is -0.349. The van der Waals surface area contributed by atoms with Crippen LogP contribution in [-0.4, -0.2) is 34.8 Å². The first-order valence-corrected chi connectivity index (χ1v) is 8.97. The first kappa shape index (κ1) is 18.0. The van der Waals surface area contributed by atoms with Gasteiger partial charge in [-0.2, -0.15) is 0 Å². The number of anilines is 1. The number of carbonyl (C=O) groups is 1. The second-order valence-corrected chi connectivity index (χ2v) is 6.97.